The molecule has 92 valence electrons. The predicted octanol–water partition coefficient (Wildman–Crippen LogP) is 2.14. The molecule has 1 aromatic carbocycles. The summed E-state index contributed by atoms with van der Waals surface area (Å²) in [5.74, 6) is -1.47. The molecule has 1 rings (SSSR count). The number of aliphatic hydroxyl groups is 1. The summed E-state index contributed by atoms with van der Waals surface area (Å²) < 4.78 is 0. The number of ketones is 1. The fourth-order valence-electron chi connectivity index (χ4n) is 1.64. The van der Waals surface area contributed by atoms with Crippen molar-refractivity contribution in [3.05, 3.63) is 34.9 Å². The first-order valence-electron chi connectivity index (χ1n) is 5.01. The van der Waals surface area contributed by atoms with Gasteiger partial charge in [-0.2, -0.15) is 0 Å². The lowest BCUT2D eigenvalue weighted by Gasteiger charge is -2.17. The number of Topliss-reactive ketones (excluding diaryl/α,β-unsaturated/α-hetero) is 1. The molecule has 0 spiro atoms. The van der Waals surface area contributed by atoms with Crippen molar-refractivity contribution >= 4 is 27.7 Å². The summed E-state index contributed by atoms with van der Waals surface area (Å²) in [6, 6.07) is 5.06. The topological polar surface area (TPSA) is 74.6 Å². The maximum Gasteiger partial charge on any atom is 0.337 e. The lowest BCUT2D eigenvalue weighted by Crippen LogP contribution is -2.16. The number of hydrogen-bond acceptors (Lipinski definition) is 3. The molecule has 1 aromatic rings. The van der Waals surface area contributed by atoms with Crippen molar-refractivity contribution in [2.45, 2.75) is 24.8 Å². The van der Waals surface area contributed by atoms with Crippen LogP contribution in [-0.2, 0) is 9.59 Å². The van der Waals surface area contributed by atoms with Crippen LogP contribution in [0.1, 0.15) is 34.5 Å². The lowest BCUT2D eigenvalue weighted by molar-refractivity contribution is -0.147. The van der Waals surface area contributed by atoms with Crippen LogP contribution in [0.3, 0.4) is 0 Å². The highest BCUT2D eigenvalue weighted by Crippen LogP contribution is 2.32. The maximum absolute atomic E-state index is 11.3. The van der Waals surface area contributed by atoms with E-state index in [-0.39, 0.29) is 11.3 Å². The first-order chi connectivity index (χ1) is 7.86. The zero-order valence-corrected chi connectivity index (χ0v) is 11.1. The number of alkyl halides is 1. The van der Waals surface area contributed by atoms with Gasteiger partial charge in [0.15, 0.2) is 6.10 Å². The third-order valence-corrected chi connectivity index (χ3v) is 3.63. The number of aliphatic hydroxyl groups excluding tert-OH is 1. The van der Waals surface area contributed by atoms with E-state index in [0.717, 1.165) is 0 Å². The van der Waals surface area contributed by atoms with E-state index in [1.165, 1.54) is 6.92 Å². The van der Waals surface area contributed by atoms with Crippen molar-refractivity contribution in [2.24, 2.45) is 0 Å². The molecule has 0 radical (unpaired) electrons. The molecule has 0 amide bonds. The third-order valence-electron chi connectivity index (χ3n) is 2.50. The second-order valence-corrected chi connectivity index (χ2v) is 4.71. The number of carboxylic acid groups (broad SMARTS) is 1. The number of carboxylic acids is 1. The largest absolute Gasteiger partial charge is 0.479 e. The molecule has 17 heavy (non-hydrogen) atoms. The van der Waals surface area contributed by atoms with Crippen molar-refractivity contribution in [1.82, 2.24) is 0 Å². The minimum Gasteiger partial charge on any atom is -0.479 e. The highest BCUT2D eigenvalue weighted by molar-refractivity contribution is 9.09. The summed E-state index contributed by atoms with van der Waals surface area (Å²) in [4.78, 5) is 21.6. The van der Waals surface area contributed by atoms with Gasteiger partial charge in [0.2, 0.25) is 0 Å². The fraction of sp³-hybridized carbons (Fsp3) is 0.333. The second kappa shape index (κ2) is 5.42. The third kappa shape index (κ3) is 2.92. The van der Waals surface area contributed by atoms with Gasteiger partial charge in [-0.05, 0) is 30.5 Å². The average Bonchev–Trinajstić information content (AvgIpc) is 2.26. The van der Waals surface area contributed by atoms with Crippen LogP contribution in [0.25, 0.3) is 0 Å². The number of halogens is 1. The molecule has 0 aliphatic heterocycles. The van der Waals surface area contributed by atoms with Gasteiger partial charge in [0.1, 0.15) is 5.78 Å². The van der Waals surface area contributed by atoms with E-state index in [4.69, 9.17) is 5.11 Å². The Kier molecular flexibility index (Phi) is 4.42. The molecular formula is C12H13BrO4. The SMILES string of the molecule is CC(=O)C(Br)c1cccc(C)c1C(O)C(=O)O. The molecular weight excluding hydrogens is 288 g/mol. The van der Waals surface area contributed by atoms with Crippen LogP contribution in [0.2, 0.25) is 0 Å². The minimum absolute atomic E-state index is 0.144. The van der Waals surface area contributed by atoms with E-state index in [2.05, 4.69) is 15.9 Å². The van der Waals surface area contributed by atoms with Gasteiger partial charge >= 0.3 is 5.97 Å². The molecule has 0 bridgehead atoms. The van der Waals surface area contributed by atoms with Gasteiger partial charge in [-0.25, -0.2) is 4.79 Å². The lowest BCUT2D eigenvalue weighted by atomic mass is 9.94. The molecule has 2 N–H and O–H groups in total. The fourth-order valence-corrected chi connectivity index (χ4v) is 2.04. The Morgan fingerprint density at radius 3 is 2.41 bits per heavy atom. The second-order valence-electron chi connectivity index (χ2n) is 3.79. The van der Waals surface area contributed by atoms with E-state index < -0.39 is 16.9 Å². The van der Waals surface area contributed by atoms with E-state index >= 15 is 0 Å². The van der Waals surface area contributed by atoms with Gasteiger partial charge in [-0.3, -0.25) is 4.79 Å². The van der Waals surface area contributed by atoms with Crippen molar-refractivity contribution < 1.29 is 19.8 Å². The molecule has 5 heteroatoms. The number of aryl methyl sites for hydroxylation is 1. The molecule has 0 aliphatic rings. The van der Waals surface area contributed by atoms with E-state index in [9.17, 15) is 14.7 Å². The Labute approximate surface area is 107 Å². The quantitative estimate of drug-likeness (QED) is 0.836. The molecule has 2 atom stereocenters. The summed E-state index contributed by atoms with van der Waals surface area (Å²) in [7, 11) is 0. The molecule has 0 saturated carbocycles. The van der Waals surface area contributed by atoms with Crippen LogP contribution < -0.4 is 0 Å². The number of benzene rings is 1. The van der Waals surface area contributed by atoms with E-state index in [0.29, 0.717) is 11.1 Å². The van der Waals surface area contributed by atoms with Gasteiger partial charge in [-0.1, -0.05) is 34.1 Å². The Balaban J connectivity index is 3.36. The van der Waals surface area contributed by atoms with Crippen LogP contribution in [0.5, 0.6) is 0 Å². The van der Waals surface area contributed by atoms with Crippen LogP contribution in [0.4, 0.5) is 0 Å². The summed E-state index contributed by atoms with van der Waals surface area (Å²) in [5, 5.41) is 18.5. The van der Waals surface area contributed by atoms with Crippen molar-refractivity contribution in [2.75, 3.05) is 0 Å². The summed E-state index contributed by atoms with van der Waals surface area (Å²) in [6.45, 7) is 3.10. The van der Waals surface area contributed by atoms with Crippen molar-refractivity contribution in [1.29, 1.82) is 0 Å². The van der Waals surface area contributed by atoms with Crippen LogP contribution in [0, 0.1) is 6.92 Å². The predicted molar refractivity (Wildman–Crippen MR) is 66.1 cm³/mol. The Bertz CT molecular complexity index is 456. The van der Waals surface area contributed by atoms with Crippen LogP contribution >= 0.6 is 15.9 Å². The van der Waals surface area contributed by atoms with Crippen LogP contribution in [-0.4, -0.2) is 22.0 Å². The Morgan fingerprint density at radius 2 is 1.94 bits per heavy atom. The number of hydrogen-bond donors (Lipinski definition) is 2. The Hall–Kier alpha value is -1.20. The van der Waals surface area contributed by atoms with Crippen LogP contribution in [0.15, 0.2) is 18.2 Å². The maximum atomic E-state index is 11.3. The van der Waals surface area contributed by atoms with Gasteiger partial charge in [0.25, 0.3) is 0 Å². The number of carbonyl (C=O) groups excluding carboxylic acids is 1. The number of carbonyl (C=O) groups is 2. The smallest absolute Gasteiger partial charge is 0.337 e. The van der Waals surface area contributed by atoms with E-state index in [1.54, 1.807) is 25.1 Å². The van der Waals surface area contributed by atoms with Gasteiger partial charge in [-0.15, -0.1) is 0 Å². The molecule has 0 aromatic heterocycles. The zero-order chi connectivity index (χ0) is 13.2. The van der Waals surface area contributed by atoms with E-state index in [1.807, 2.05) is 0 Å². The van der Waals surface area contributed by atoms with Gasteiger partial charge in [0.05, 0.1) is 4.83 Å². The normalized spacial score (nSPS) is 14.1. The molecule has 2 unspecified atom stereocenters. The first kappa shape index (κ1) is 13.9. The molecule has 0 fully saturated rings. The molecule has 0 saturated heterocycles. The van der Waals surface area contributed by atoms with Crippen molar-refractivity contribution in [3.8, 4) is 0 Å². The van der Waals surface area contributed by atoms with Gasteiger partial charge in [0, 0.05) is 0 Å². The average molecular weight is 301 g/mol. The summed E-state index contributed by atoms with van der Waals surface area (Å²) in [5.41, 5.74) is 1.41. The monoisotopic (exact) mass is 300 g/mol. The molecule has 0 heterocycles. The standard InChI is InChI=1S/C12H13BrO4/c1-6-4-3-5-8(10(13)7(2)14)9(6)11(15)12(16)17/h3-5,10-11,15H,1-2H3,(H,16,17). The number of rotatable bonds is 4. The highest BCUT2D eigenvalue weighted by atomic mass is 79.9. The zero-order valence-electron chi connectivity index (χ0n) is 9.48. The van der Waals surface area contributed by atoms with Crippen molar-refractivity contribution in [3.63, 3.8) is 0 Å². The first-order valence-corrected chi connectivity index (χ1v) is 5.92. The Morgan fingerprint density at radius 1 is 1.35 bits per heavy atom. The molecule has 4 nitrogen and oxygen atoms in total. The summed E-state index contributed by atoms with van der Waals surface area (Å²) >= 11 is 3.20. The molecule has 0 aliphatic carbocycles. The van der Waals surface area contributed by atoms with Gasteiger partial charge < -0.3 is 10.2 Å². The highest BCUT2D eigenvalue weighted by Gasteiger charge is 2.25. The number of aliphatic carboxylic acids is 1. The minimum atomic E-state index is -1.62. The summed E-state index contributed by atoms with van der Waals surface area (Å²) in [6.07, 6.45) is -1.62.